The maximum absolute atomic E-state index is 12.8. The zero-order valence-electron chi connectivity index (χ0n) is 11.8. The van der Waals surface area contributed by atoms with Crippen molar-refractivity contribution in [2.45, 2.75) is 12.8 Å². The topological polar surface area (TPSA) is 78.2 Å². The maximum atomic E-state index is 12.8. The Morgan fingerprint density at radius 2 is 1.82 bits per heavy atom. The number of oxazole rings is 1. The van der Waals surface area contributed by atoms with E-state index in [9.17, 15) is 9.59 Å². The minimum atomic E-state index is -0.651. The van der Waals surface area contributed by atoms with Crippen LogP contribution in [0, 0.1) is 5.92 Å². The second-order valence-electron chi connectivity index (χ2n) is 5.64. The summed E-state index contributed by atoms with van der Waals surface area (Å²) in [5.41, 5.74) is 9.40. The fourth-order valence-electron chi connectivity index (χ4n) is 3.16. The van der Waals surface area contributed by atoms with Crippen molar-refractivity contribution in [1.29, 1.82) is 0 Å². The van der Waals surface area contributed by atoms with Gasteiger partial charge in [-0.25, -0.2) is 9.36 Å². The summed E-state index contributed by atoms with van der Waals surface area (Å²) in [6.45, 7) is 0. The van der Waals surface area contributed by atoms with E-state index in [1.807, 2.05) is 24.3 Å². The van der Waals surface area contributed by atoms with Gasteiger partial charge in [-0.15, -0.1) is 0 Å². The Kier molecular flexibility index (Phi) is 2.69. The molecule has 2 N–H and O–H groups in total. The SMILES string of the molecule is Nc1ccc2oc(=O)n(C(=O)C3Cc4ccccc4C3)c2c1. The van der Waals surface area contributed by atoms with Crippen LogP contribution in [-0.4, -0.2) is 10.5 Å². The first-order chi connectivity index (χ1) is 10.6. The molecule has 0 spiro atoms. The number of carbonyl (C=O) groups is 1. The molecule has 1 heterocycles. The molecule has 1 aliphatic rings. The molecule has 0 amide bonds. The average molecular weight is 294 g/mol. The van der Waals surface area contributed by atoms with Crippen LogP contribution in [0.15, 0.2) is 51.7 Å². The van der Waals surface area contributed by atoms with Crippen molar-refractivity contribution in [1.82, 2.24) is 4.57 Å². The molecule has 0 unspecified atom stereocenters. The van der Waals surface area contributed by atoms with Gasteiger partial charge in [-0.3, -0.25) is 4.79 Å². The molecular formula is C17H14N2O3. The molecule has 0 fully saturated rings. The van der Waals surface area contributed by atoms with E-state index in [1.54, 1.807) is 18.2 Å². The summed E-state index contributed by atoms with van der Waals surface area (Å²) in [5.74, 6) is -1.12. The highest BCUT2D eigenvalue weighted by atomic mass is 16.4. The lowest BCUT2D eigenvalue weighted by Crippen LogP contribution is -2.29. The van der Waals surface area contributed by atoms with E-state index < -0.39 is 5.76 Å². The number of anilines is 1. The zero-order chi connectivity index (χ0) is 15.3. The van der Waals surface area contributed by atoms with Crippen LogP contribution in [0.5, 0.6) is 0 Å². The Morgan fingerprint density at radius 1 is 1.14 bits per heavy atom. The number of hydrogen-bond acceptors (Lipinski definition) is 4. The molecular weight excluding hydrogens is 280 g/mol. The lowest BCUT2D eigenvalue weighted by atomic mass is 10.1. The van der Waals surface area contributed by atoms with Gasteiger partial charge in [0.1, 0.15) is 5.52 Å². The molecule has 5 nitrogen and oxygen atoms in total. The van der Waals surface area contributed by atoms with Crippen molar-refractivity contribution in [2.24, 2.45) is 5.92 Å². The maximum Gasteiger partial charge on any atom is 0.426 e. The van der Waals surface area contributed by atoms with Crippen LogP contribution in [0.1, 0.15) is 15.9 Å². The fourth-order valence-corrected chi connectivity index (χ4v) is 3.16. The summed E-state index contributed by atoms with van der Waals surface area (Å²) in [4.78, 5) is 24.8. The summed E-state index contributed by atoms with van der Waals surface area (Å²) in [6.07, 6.45) is 1.30. The molecule has 0 atom stereocenters. The Balaban J connectivity index is 1.77. The van der Waals surface area contributed by atoms with Crippen LogP contribution in [0.2, 0.25) is 0 Å². The second kappa shape index (κ2) is 4.59. The van der Waals surface area contributed by atoms with Crippen LogP contribution in [-0.2, 0) is 12.8 Å². The van der Waals surface area contributed by atoms with Crippen molar-refractivity contribution >= 4 is 22.7 Å². The first kappa shape index (κ1) is 12.9. The molecule has 0 saturated carbocycles. The van der Waals surface area contributed by atoms with Crippen molar-refractivity contribution in [3.8, 4) is 0 Å². The normalized spacial score (nSPS) is 14.4. The lowest BCUT2D eigenvalue weighted by Gasteiger charge is -2.08. The minimum Gasteiger partial charge on any atom is -0.407 e. The van der Waals surface area contributed by atoms with E-state index in [1.165, 1.54) is 11.1 Å². The summed E-state index contributed by atoms with van der Waals surface area (Å²) in [7, 11) is 0. The number of rotatable bonds is 1. The molecule has 1 aliphatic carbocycles. The number of nitrogen functional groups attached to an aromatic ring is 1. The molecule has 110 valence electrons. The highest BCUT2D eigenvalue weighted by molar-refractivity contribution is 5.92. The van der Waals surface area contributed by atoms with Gasteiger partial charge in [-0.1, -0.05) is 24.3 Å². The number of fused-ring (bicyclic) bond motifs is 2. The summed E-state index contributed by atoms with van der Waals surface area (Å²) >= 11 is 0. The van der Waals surface area contributed by atoms with E-state index in [0.29, 0.717) is 29.6 Å². The standard InChI is InChI=1S/C17H14N2O3/c18-13-5-6-15-14(9-13)19(17(21)22-15)16(20)12-7-10-3-1-2-4-11(10)8-12/h1-6,9,12H,7-8,18H2. The smallest absolute Gasteiger partial charge is 0.407 e. The van der Waals surface area contributed by atoms with E-state index in [-0.39, 0.29) is 11.8 Å². The third kappa shape index (κ3) is 1.86. The van der Waals surface area contributed by atoms with E-state index in [0.717, 1.165) is 4.57 Å². The van der Waals surface area contributed by atoms with E-state index in [2.05, 4.69) is 0 Å². The number of nitrogens with zero attached hydrogens (tertiary/aromatic N) is 1. The molecule has 4 rings (SSSR count). The van der Waals surface area contributed by atoms with Gasteiger partial charge < -0.3 is 10.2 Å². The van der Waals surface area contributed by atoms with E-state index >= 15 is 0 Å². The Bertz CT molecular complexity index is 927. The number of aromatic nitrogens is 1. The van der Waals surface area contributed by atoms with Gasteiger partial charge in [0.15, 0.2) is 5.58 Å². The third-order valence-corrected chi connectivity index (χ3v) is 4.22. The van der Waals surface area contributed by atoms with Gasteiger partial charge >= 0.3 is 5.76 Å². The fraction of sp³-hybridized carbons (Fsp3) is 0.176. The van der Waals surface area contributed by atoms with Crippen LogP contribution < -0.4 is 11.5 Å². The predicted octanol–water partition coefficient (Wildman–Crippen LogP) is 2.23. The Morgan fingerprint density at radius 3 is 2.50 bits per heavy atom. The molecule has 2 aromatic carbocycles. The quantitative estimate of drug-likeness (QED) is 0.698. The molecule has 5 heteroatoms. The molecule has 22 heavy (non-hydrogen) atoms. The van der Waals surface area contributed by atoms with Gasteiger partial charge in [0.05, 0.1) is 0 Å². The molecule has 0 saturated heterocycles. The van der Waals surface area contributed by atoms with Crippen molar-refractivity contribution in [3.63, 3.8) is 0 Å². The zero-order valence-corrected chi connectivity index (χ0v) is 11.8. The minimum absolute atomic E-state index is 0.231. The average Bonchev–Trinajstić information content (AvgIpc) is 3.06. The van der Waals surface area contributed by atoms with Gasteiger partial charge in [-0.05, 0) is 42.2 Å². The largest absolute Gasteiger partial charge is 0.426 e. The van der Waals surface area contributed by atoms with Crippen molar-refractivity contribution < 1.29 is 9.21 Å². The number of carbonyl (C=O) groups excluding carboxylic acids is 1. The summed E-state index contributed by atoms with van der Waals surface area (Å²) in [6, 6.07) is 12.8. The number of hydrogen-bond donors (Lipinski definition) is 1. The molecule has 1 aromatic heterocycles. The lowest BCUT2D eigenvalue weighted by molar-refractivity contribution is 0.0835. The Hall–Kier alpha value is -2.82. The highest BCUT2D eigenvalue weighted by Gasteiger charge is 2.30. The first-order valence-electron chi connectivity index (χ1n) is 7.15. The Labute approximate surface area is 126 Å². The van der Waals surface area contributed by atoms with Crippen LogP contribution in [0.3, 0.4) is 0 Å². The monoisotopic (exact) mass is 294 g/mol. The van der Waals surface area contributed by atoms with Gasteiger partial charge in [-0.2, -0.15) is 0 Å². The van der Waals surface area contributed by atoms with Gasteiger partial charge in [0.25, 0.3) is 0 Å². The highest BCUT2D eigenvalue weighted by Crippen LogP contribution is 2.28. The molecule has 3 aromatic rings. The number of nitrogens with two attached hydrogens (primary N) is 1. The third-order valence-electron chi connectivity index (χ3n) is 4.22. The second-order valence-corrected chi connectivity index (χ2v) is 5.64. The van der Waals surface area contributed by atoms with Crippen LogP contribution >= 0.6 is 0 Å². The predicted molar refractivity (Wildman–Crippen MR) is 82.9 cm³/mol. The molecule has 0 radical (unpaired) electrons. The van der Waals surface area contributed by atoms with Crippen LogP contribution in [0.4, 0.5) is 5.69 Å². The van der Waals surface area contributed by atoms with Gasteiger partial charge in [0, 0.05) is 11.6 Å². The van der Waals surface area contributed by atoms with Crippen molar-refractivity contribution in [2.75, 3.05) is 5.73 Å². The molecule has 0 aliphatic heterocycles. The first-order valence-corrected chi connectivity index (χ1v) is 7.15. The molecule has 0 bridgehead atoms. The van der Waals surface area contributed by atoms with Gasteiger partial charge in [0.2, 0.25) is 5.91 Å². The summed E-state index contributed by atoms with van der Waals surface area (Å²) in [5, 5.41) is 0. The summed E-state index contributed by atoms with van der Waals surface area (Å²) < 4.78 is 6.26. The number of benzene rings is 2. The van der Waals surface area contributed by atoms with Crippen molar-refractivity contribution in [3.05, 3.63) is 64.1 Å². The van der Waals surface area contributed by atoms with Crippen LogP contribution in [0.25, 0.3) is 11.1 Å². The van der Waals surface area contributed by atoms with E-state index in [4.69, 9.17) is 10.2 Å².